The van der Waals surface area contributed by atoms with E-state index < -0.39 is 5.54 Å². The SMILES string of the molecule is C[C@]1(C(=O)NCc2ccccc2Cl)Cn2cnc(C(=O)N3CCCCCC3)c2C(=O)N1C1CC1. The smallest absolute Gasteiger partial charge is 0.274 e. The molecule has 8 nitrogen and oxygen atoms in total. The molecule has 0 unspecified atom stereocenters. The van der Waals surface area contributed by atoms with Crippen molar-refractivity contribution in [2.75, 3.05) is 13.1 Å². The van der Waals surface area contributed by atoms with E-state index in [4.69, 9.17) is 11.6 Å². The molecular formula is C25H30ClN5O3. The normalized spacial score (nSPS) is 22.8. The molecule has 3 heterocycles. The van der Waals surface area contributed by atoms with E-state index in [0.29, 0.717) is 23.8 Å². The van der Waals surface area contributed by atoms with Crippen LogP contribution >= 0.6 is 11.6 Å². The Labute approximate surface area is 204 Å². The van der Waals surface area contributed by atoms with E-state index in [9.17, 15) is 14.4 Å². The van der Waals surface area contributed by atoms with Crippen LogP contribution in [0.4, 0.5) is 0 Å². The van der Waals surface area contributed by atoms with Crippen LogP contribution in [0.5, 0.6) is 0 Å². The van der Waals surface area contributed by atoms with E-state index in [1.54, 1.807) is 22.5 Å². The Kier molecular flexibility index (Phi) is 6.10. The van der Waals surface area contributed by atoms with Crippen molar-refractivity contribution in [1.82, 2.24) is 24.7 Å². The number of rotatable bonds is 5. The minimum absolute atomic E-state index is 0.00616. The minimum atomic E-state index is -1.09. The van der Waals surface area contributed by atoms with Gasteiger partial charge in [-0.05, 0) is 44.2 Å². The molecular weight excluding hydrogens is 454 g/mol. The Hall–Kier alpha value is -2.87. The Morgan fingerprint density at radius 1 is 1.15 bits per heavy atom. The van der Waals surface area contributed by atoms with Gasteiger partial charge in [0.1, 0.15) is 11.2 Å². The molecule has 1 atom stereocenters. The molecule has 1 aromatic carbocycles. The van der Waals surface area contributed by atoms with Gasteiger partial charge in [-0.3, -0.25) is 14.4 Å². The number of hydrogen-bond donors (Lipinski definition) is 1. The first-order valence-corrected chi connectivity index (χ1v) is 12.5. The van der Waals surface area contributed by atoms with Gasteiger partial charge in [-0.15, -0.1) is 0 Å². The van der Waals surface area contributed by atoms with Gasteiger partial charge < -0.3 is 19.7 Å². The van der Waals surface area contributed by atoms with Crippen LogP contribution in [-0.2, 0) is 17.9 Å². The van der Waals surface area contributed by atoms with Crippen molar-refractivity contribution >= 4 is 29.3 Å². The van der Waals surface area contributed by atoms with Crippen molar-refractivity contribution in [2.24, 2.45) is 0 Å². The summed E-state index contributed by atoms with van der Waals surface area (Å²) in [5.74, 6) is -0.723. The number of carbonyl (C=O) groups is 3. The van der Waals surface area contributed by atoms with E-state index in [0.717, 1.165) is 44.1 Å². The van der Waals surface area contributed by atoms with E-state index >= 15 is 0 Å². The number of amides is 3. The molecule has 34 heavy (non-hydrogen) atoms. The van der Waals surface area contributed by atoms with Crippen LogP contribution in [0, 0.1) is 0 Å². The van der Waals surface area contributed by atoms with Gasteiger partial charge in [-0.2, -0.15) is 0 Å². The predicted octanol–water partition coefficient (Wildman–Crippen LogP) is 3.25. The van der Waals surface area contributed by atoms with Gasteiger partial charge in [-0.25, -0.2) is 4.98 Å². The van der Waals surface area contributed by atoms with E-state index in [2.05, 4.69) is 10.3 Å². The number of nitrogens with one attached hydrogen (secondary N) is 1. The lowest BCUT2D eigenvalue weighted by Crippen LogP contribution is -2.64. The molecule has 2 aromatic rings. The van der Waals surface area contributed by atoms with Gasteiger partial charge in [-0.1, -0.05) is 42.6 Å². The molecule has 1 N–H and O–H groups in total. The van der Waals surface area contributed by atoms with Gasteiger partial charge in [0.05, 0.1) is 12.9 Å². The number of carbonyl (C=O) groups excluding carboxylic acids is 3. The Bertz CT molecular complexity index is 1120. The fraction of sp³-hybridized carbons (Fsp3) is 0.520. The number of imidazole rings is 1. The van der Waals surface area contributed by atoms with Crippen molar-refractivity contribution in [2.45, 2.75) is 70.1 Å². The Balaban J connectivity index is 1.41. The molecule has 3 amide bonds. The van der Waals surface area contributed by atoms with Gasteiger partial charge in [0.2, 0.25) is 5.91 Å². The van der Waals surface area contributed by atoms with Crippen LogP contribution < -0.4 is 5.32 Å². The van der Waals surface area contributed by atoms with Crippen molar-refractivity contribution in [3.05, 3.63) is 52.6 Å². The maximum Gasteiger partial charge on any atom is 0.274 e. The lowest BCUT2D eigenvalue weighted by atomic mass is 9.93. The highest BCUT2D eigenvalue weighted by molar-refractivity contribution is 6.31. The highest BCUT2D eigenvalue weighted by atomic mass is 35.5. The van der Waals surface area contributed by atoms with Crippen molar-refractivity contribution in [3.8, 4) is 0 Å². The number of aromatic nitrogens is 2. The topological polar surface area (TPSA) is 87.5 Å². The van der Waals surface area contributed by atoms with E-state index in [-0.39, 0.29) is 42.5 Å². The van der Waals surface area contributed by atoms with Crippen molar-refractivity contribution in [1.29, 1.82) is 0 Å². The third kappa shape index (κ3) is 4.08. The molecule has 0 radical (unpaired) electrons. The second-order valence-electron chi connectivity index (χ2n) is 9.73. The molecule has 1 aliphatic carbocycles. The lowest BCUT2D eigenvalue weighted by molar-refractivity contribution is -0.133. The van der Waals surface area contributed by atoms with Crippen LogP contribution in [0.3, 0.4) is 0 Å². The molecule has 9 heteroatoms. The van der Waals surface area contributed by atoms with Gasteiger partial charge in [0, 0.05) is 30.7 Å². The first-order chi connectivity index (χ1) is 16.4. The van der Waals surface area contributed by atoms with Crippen molar-refractivity contribution in [3.63, 3.8) is 0 Å². The van der Waals surface area contributed by atoms with Gasteiger partial charge in [0.25, 0.3) is 11.8 Å². The highest BCUT2D eigenvalue weighted by Crippen LogP contribution is 2.39. The molecule has 5 rings (SSSR count). The largest absolute Gasteiger partial charge is 0.350 e. The average molecular weight is 484 g/mol. The first-order valence-electron chi connectivity index (χ1n) is 12.1. The van der Waals surface area contributed by atoms with E-state index in [1.165, 1.54) is 6.33 Å². The molecule has 180 valence electrons. The standard InChI is InChI=1S/C25H30ClN5O3/c1-25(24(34)27-14-17-8-4-5-9-19(17)26)15-30-16-28-20(21(30)23(33)31(25)18-10-11-18)22(32)29-12-6-2-3-7-13-29/h4-5,8-9,16,18H,2-3,6-7,10-15H2,1H3,(H,27,34)/t25-/m1/s1. The zero-order valence-corrected chi connectivity index (χ0v) is 20.2. The van der Waals surface area contributed by atoms with Crippen LogP contribution in [0.25, 0.3) is 0 Å². The number of benzene rings is 1. The average Bonchev–Trinajstić information content (AvgIpc) is 3.61. The zero-order chi connectivity index (χ0) is 23.9. The summed E-state index contributed by atoms with van der Waals surface area (Å²) in [5, 5.41) is 3.56. The number of fused-ring (bicyclic) bond motifs is 1. The summed E-state index contributed by atoms with van der Waals surface area (Å²) >= 11 is 6.25. The highest BCUT2D eigenvalue weighted by Gasteiger charge is 2.53. The molecule has 0 spiro atoms. The summed E-state index contributed by atoms with van der Waals surface area (Å²) in [6, 6.07) is 7.36. The van der Waals surface area contributed by atoms with Crippen LogP contribution in [0.15, 0.2) is 30.6 Å². The molecule has 1 saturated carbocycles. The number of likely N-dealkylation sites (tertiary alicyclic amines) is 1. The Morgan fingerprint density at radius 3 is 2.53 bits per heavy atom. The van der Waals surface area contributed by atoms with Crippen molar-refractivity contribution < 1.29 is 14.4 Å². The summed E-state index contributed by atoms with van der Waals surface area (Å²) in [4.78, 5) is 48.4. The molecule has 0 bridgehead atoms. The summed E-state index contributed by atoms with van der Waals surface area (Å²) in [6.45, 7) is 3.70. The maximum absolute atomic E-state index is 13.8. The quantitative estimate of drug-likeness (QED) is 0.707. The number of hydrogen-bond acceptors (Lipinski definition) is 4. The zero-order valence-electron chi connectivity index (χ0n) is 19.4. The molecule has 2 aliphatic heterocycles. The summed E-state index contributed by atoms with van der Waals surface area (Å²) < 4.78 is 1.68. The van der Waals surface area contributed by atoms with Crippen LogP contribution in [-0.4, -0.2) is 61.7 Å². The summed E-state index contributed by atoms with van der Waals surface area (Å²) in [5.41, 5.74) is 0.235. The third-order valence-corrected chi connectivity index (χ3v) is 7.53. The minimum Gasteiger partial charge on any atom is -0.350 e. The fourth-order valence-electron chi connectivity index (χ4n) is 5.14. The summed E-state index contributed by atoms with van der Waals surface area (Å²) in [7, 11) is 0. The second kappa shape index (κ2) is 9.06. The maximum atomic E-state index is 13.8. The monoisotopic (exact) mass is 483 g/mol. The van der Waals surface area contributed by atoms with E-state index in [1.807, 2.05) is 23.1 Å². The molecule has 3 aliphatic rings. The molecule has 2 fully saturated rings. The molecule has 1 aromatic heterocycles. The lowest BCUT2D eigenvalue weighted by Gasteiger charge is -2.44. The summed E-state index contributed by atoms with van der Waals surface area (Å²) in [6.07, 6.45) is 7.39. The van der Waals surface area contributed by atoms with Crippen LogP contribution in [0.2, 0.25) is 5.02 Å². The van der Waals surface area contributed by atoms with Gasteiger partial charge in [0.15, 0.2) is 5.69 Å². The number of halogens is 1. The third-order valence-electron chi connectivity index (χ3n) is 7.16. The van der Waals surface area contributed by atoms with Crippen LogP contribution in [0.1, 0.15) is 72.0 Å². The second-order valence-corrected chi connectivity index (χ2v) is 10.1. The Morgan fingerprint density at radius 2 is 1.85 bits per heavy atom. The number of nitrogens with zero attached hydrogens (tertiary/aromatic N) is 4. The molecule has 1 saturated heterocycles. The fourth-order valence-corrected chi connectivity index (χ4v) is 5.35. The van der Waals surface area contributed by atoms with Gasteiger partial charge >= 0.3 is 0 Å². The first kappa shape index (κ1) is 22.9. The predicted molar refractivity (Wildman–Crippen MR) is 127 cm³/mol.